The van der Waals surface area contributed by atoms with Crippen molar-refractivity contribution in [1.82, 2.24) is 4.90 Å². The van der Waals surface area contributed by atoms with Gasteiger partial charge in [-0.25, -0.2) is 4.99 Å². The number of amides is 1. The van der Waals surface area contributed by atoms with Crippen LogP contribution < -0.4 is 4.90 Å². The number of rotatable bonds is 4. The van der Waals surface area contributed by atoms with Crippen LogP contribution >= 0.6 is 0 Å². The lowest BCUT2D eigenvalue weighted by Gasteiger charge is -2.29. The van der Waals surface area contributed by atoms with Gasteiger partial charge in [-0.05, 0) is 68.7 Å². The highest BCUT2D eigenvalue weighted by atomic mass is 16.5. The van der Waals surface area contributed by atoms with Gasteiger partial charge in [0.05, 0.1) is 6.04 Å². The summed E-state index contributed by atoms with van der Waals surface area (Å²) in [7, 11) is 0. The van der Waals surface area contributed by atoms with Gasteiger partial charge in [-0.1, -0.05) is 50.7 Å². The molecule has 2 saturated heterocycles. The molecular formula is C27H37N3O2. The molecule has 172 valence electrons. The Bertz CT molecular complexity index is 842. The minimum atomic E-state index is -0.00781. The maximum Gasteiger partial charge on any atom is 0.300 e. The van der Waals surface area contributed by atoms with E-state index in [-0.39, 0.29) is 11.9 Å². The average Bonchev–Trinajstić information content (AvgIpc) is 3.15. The zero-order valence-electron chi connectivity index (χ0n) is 19.3. The van der Waals surface area contributed by atoms with Crippen LogP contribution in [0.2, 0.25) is 0 Å². The molecule has 0 atom stereocenters. The Kier molecular flexibility index (Phi) is 6.80. The van der Waals surface area contributed by atoms with Crippen molar-refractivity contribution < 1.29 is 9.53 Å². The number of carbonyl (C=O) groups excluding carboxylic acids is 1. The predicted molar refractivity (Wildman–Crippen MR) is 130 cm³/mol. The zero-order chi connectivity index (χ0) is 21.8. The molecule has 1 aromatic carbocycles. The fraction of sp³-hybridized carbons (Fsp3) is 0.630. The molecule has 2 heterocycles. The Morgan fingerprint density at radius 3 is 2.12 bits per heavy atom. The number of ether oxygens (including phenoxy) is 1. The van der Waals surface area contributed by atoms with E-state index in [9.17, 15) is 4.79 Å². The molecule has 1 amide bonds. The Morgan fingerprint density at radius 1 is 0.812 bits per heavy atom. The van der Waals surface area contributed by atoms with E-state index in [1.165, 1.54) is 63.5 Å². The van der Waals surface area contributed by atoms with Gasteiger partial charge >= 0.3 is 6.02 Å². The van der Waals surface area contributed by atoms with Crippen LogP contribution in [0.25, 0.3) is 6.08 Å². The van der Waals surface area contributed by atoms with Crippen molar-refractivity contribution >= 4 is 23.7 Å². The summed E-state index contributed by atoms with van der Waals surface area (Å²) in [5.74, 6) is 0.419. The summed E-state index contributed by atoms with van der Waals surface area (Å²) in [6, 6.07) is 9.64. The monoisotopic (exact) mass is 435 g/mol. The second-order valence-corrected chi connectivity index (χ2v) is 9.92. The van der Waals surface area contributed by atoms with Crippen LogP contribution in [0.15, 0.2) is 35.0 Å². The number of nitrogens with zero attached hydrogens (tertiary/aromatic N) is 3. The van der Waals surface area contributed by atoms with Gasteiger partial charge in [0, 0.05) is 24.8 Å². The van der Waals surface area contributed by atoms with E-state index >= 15 is 0 Å². The van der Waals surface area contributed by atoms with Crippen molar-refractivity contribution in [3.05, 3.63) is 35.6 Å². The third-order valence-corrected chi connectivity index (χ3v) is 7.56. The van der Waals surface area contributed by atoms with E-state index in [4.69, 9.17) is 9.73 Å². The van der Waals surface area contributed by atoms with Crippen molar-refractivity contribution in [1.29, 1.82) is 0 Å². The van der Waals surface area contributed by atoms with Crippen LogP contribution in [0.1, 0.15) is 89.0 Å². The molecule has 0 radical (unpaired) electrons. The van der Waals surface area contributed by atoms with E-state index < -0.39 is 0 Å². The molecule has 2 aliphatic heterocycles. The Labute approximate surface area is 192 Å². The second-order valence-electron chi connectivity index (χ2n) is 9.92. The van der Waals surface area contributed by atoms with Crippen LogP contribution in [0, 0.1) is 0 Å². The molecule has 0 unspecified atom stereocenters. The number of anilines is 1. The molecule has 2 saturated carbocycles. The SMILES string of the molecule is O=C1/C(=C\c2ccc(N3CCCCC3)cc2)OC(=NC2CCCCC2)N1C1CCCCC1. The van der Waals surface area contributed by atoms with E-state index in [0.29, 0.717) is 17.8 Å². The molecule has 0 spiro atoms. The van der Waals surface area contributed by atoms with Gasteiger partial charge in [0.15, 0.2) is 5.76 Å². The van der Waals surface area contributed by atoms with Crippen LogP contribution in [0.3, 0.4) is 0 Å². The van der Waals surface area contributed by atoms with E-state index in [0.717, 1.165) is 44.3 Å². The van der Waals surface area contributed by atoms with Crippen molar-refractivity contribution in [3.8, 4) is 0 Å². The van der Waals surface area contributed by atoms with Crippen molar-refractivity contribution in [3.63, 3.8) is 0 Å². The molecule has 4 aliphatic rings. The minimum absolute atomic E-state index is 0.00781. The van der Waals surface area contributed by atoms with Gasteiger partial charge in [0.2, 0.25) is 0 Å². The van der Waals surface area contributed by atoms with Gasteiger partial charge in [-0.2, -0.15) is 0 Å². The smallest absolute Gasteiger partial charge is 0.300 e. The number of hydrogen-bond donors (Lipinski definition) is 0. The summed E-state index contributed by atoms with van der Waals surface area (Å²) in [6.07, 6.45) is 17.5. The number of piperidine rings is 1. The number of benzene rings is 1. The second kappa shape index (κ2) is 10.1. The molecule has 5 heteroatoms. The molecule has 0 N–H and O–H groups in total. The van der Waals surface area contributed by atoms with Gasteiger partial charge in [0.1, 0.15) is 0 Å². The summed E-state index contributed by atoms with van der Waals surface area (Å²) < 4.78 is 6.17. The number of hydrogen-bond acceptors (Lipinski definition) is 4. The summed E-state index contributed by atoms with van der Waals surface area (Å²) in [5, 5.41) is 0. The summed E-state index contributed by atoms with van der Waals surface area (Å²) in [6.45, 7) is 2.28. The Morgan fingerprint density at radius 2 is 1.44 bits per heavy atom. The lowest BCUT2D eigenvalue weighted by molar-refractivity contribution is -0.124. The van der Waals surface area contributed by atoms with Crippen molar-refractivity contribution in [2.45, 2.75) is 95.6 Å². The third kappa shape index (κ3) is 4.87. The first-order chi connectivity index (χ1) is 15.8. The topological polar surface area (TPSA) is 45.1 Å². The lowest BCUT2D eigenvalue weighted by atomic mass is 9.94. The van der Waals surface area contributed by atoms with Gasteiger partial charge < -0.3 is 9.64 Å². The molecule has 1 aromatic rings. The largest absolute Gasteiger partial charge is 0.420 e. The highest BCUT2D eigenvalue weighted by Gasteiger charge is 2.40. The molecule has 0 aromatic heterocycles. The van der Waals surface area contributed by atoms with E-state index in [1.807, 2.05) is 11.0 Å². The molecule has 4 fully saturated rings. The summed E-state index contributed by atoms with van der Waals surface area (Å²) in [5.41, 5.74) is 2.28. The van der Waals surface area contributed by atoms with Crippen LogP contribution in [0.4, 0.5) is 5.69 Å². The van der Waals surface area contributed by atoms with Crippen molar-refractivity contribution in [2.75, 3.05) is 18.0 Å². The summed E-state index contributed by atoms with van der Waals surface area (Å²) in [4.78, 5) is 22.7. The first kappa shape index (κ1) is 21.5. The van der Waals surface area contributed by atoms with Gasteiger partial charge in [0.25, 0.3) is 5.91 Å². The minimum Gasteiger partial charge on any atom is -0.420 e. The highest BCUT2D eigenvalue weighted by Crippen LogP contribution is 2.31. The normalized spacial score (nSPS) is 26.2. The van der Waals surface area contributed by atoms with E-state index in [1.54, 1.807) is 0 Å². The molecule has 5 rings (SSSR count). The highest BCUT2D eigenvalue weighted by molar-refractivity contribution is 6.11. The first-order valence-electron chi connectivity index (χ1n) is 12.9. The molecule has 2 aliphatic carbocycles. The first-order valence-corrected chi connectivity index (χ1v) is 12.9. The zero-order valence-corrected chi connectivity index (χ0v) is 19.3. The molecule has 5 nitrogen and oxygen atoms in total. The van der Waals surface area contributed by atoms with Gasteiger partial charge in [-0.3, -0.25) is 9.69 Å². The van der Waals surface area contributed by atoms with Gasteiger partial charge in [-0.15, -0.1) is 0 Å². The van der Waals surface area contributed by atoms with Crippen LogP contribution in [-0.2, 0) is 9.53 Å². The summed E-state index contributed by atoms with van der Waals surface area (Å²) >= 11 is 0. The number of amidine groups is 1. The maximum atomic E-state index is 13.4. The molecule has 32 heavy (non-hydrogen) atoms. The lowest BCUT2D eigenvalue weighted by Crippen LogP contribution is -2.41. The van der Waals surface area contributed by atoms with E-state index in [2.05, 4.69) is 29.2 Å². The number of carbonyl (C=O) groups is 1. The van der Waals surface area contributed by atoms with Crippen LogP contribution in [-0.4, -0.2) is 42.0 Å². The standard InChI is InChI=1S/C27H37N3O2/c31-26-25(20-21-14-16-23(17-15-21)29-18-8-3-9-19-29)32-27(28-22-10-4-1-5-11-22)30(26)24-12-6-2-7-13-24/h14-17,20,22,24H,1-13,18-19H2/b25-20+,28-27?. The average molecular weight is 436 g/mol. The fourth-order valence-corrected chi connectivity index (χ4v) is 5.69. The Hall–Kier alpha value is -2.30. The van der Waals surface area contributed by atoms with Crippen LogP contribution in [0.5, 0.6) is 0 Å². The Balaban J connectivity index is 1.36. The molecule has 0 bridgehead atoms. The number of aliphatic imine (C=N–C) groups is 1. The molecular weight excluding hydrogens is 398 g/mol. The third-order valence-electron chi connectivity index (χ3n) is 7.56. The maximum absolute atomic E-state index is 13.4. The fourth-order valence-electron chi connectivity index (χ4n) is 5.69. The quantitative estimate of drug-likeness (QED) is 0.553. The van der Waals surface area contributed by atoms with Crippen molar-refractivity contribution in [2.24, 2.45) is 4.99 Å². The predicted octanol–water partition coefficient (Wildman–Crippen LogP) is 5.90.